The number of hydrogen-bond acceptors (Lipinski definition) is 3. The van der Waals surface area contributed by atoms with Crippen LogP contribution in [0.5, 0.6) is 5.75 Å². The van der Waals surface area contributed by atoms with Crippen LogP contribution in [0.1, 0.15) is 5.56 Å². The Morgan fingerprint density at radius 1 is 1.18 bits per heavy atom. The number of carbonyl (C=O) groups excluding carboxylic acids is 1. The number of fused-ring (bicyclic) bond motifs is 1. The second kappa shape index (κ2) is 6.13. The molecule has 0 unspecified atom stereocenters. The Bertz CT molecular complexity index is 837. The predicted octanol–water partition coefficient (Wildman–Crippen LogP) is 2.50. The lowest BCUT2D eigenvalue weighted by Crippen LogP contribution is -2.22. The van der Waals surface area contributed by atoms with E-state index in [-0.39, 0.29) is 18.2 Å². The molecule has 0 radical (unpaired) electrons. The van der Waals surface area contributed by atoms with Gasteiger partial charge in [-0.15, -0.1) is 0 Å². The number of phenolic OH excluding ortho intramolecular Hbond substituents is 1. The molecular formula is C17H15N3O2. The van der Waals surface area contributed by atoms with E-state index in [2.05, 4.69) is 10.5 Å². The lowest BCUT2D eigenvalue weighted by molar-refractivity contribution is -0.121. The summed E-state index contributed by atoms with van der Waals surface area (Å²) in [6.45, 7) is 0.199. The minimum atomic E-state index is -0.210. The van der Waals surface area contributed by atoms with Gasteiger partial charge in [-0.1, -0.05) is 30.3 Å². The van der Waals surface area contributed by atoms with Gasteiger partial charge in [-0.3, -0.25) is 4.79 Å². The fraction of sp³-hybridized carbons (Fsp3) is 0.0588. The Morgan fingerprint density at radius 3 is 2.91 bits per heavy atom. The van der Waals surface area contributed by atoms with Crippen molar-refractivity contribution < 1.29 is 9.90 Å². The van der Waals surface area contributed by atoms with Crippen LogP contribution in [-0.4, -0.2) is 21.8 Å². The molecule has 0 saturated heterocycles. The SMILES string of the molecule is O=C(Cn1ccc2ccccc21)N/N=C/c1cccc(O)c1. The van der Waals surface area contributed by atoms with Crippen molar-refractivity contribution in [1.82, 2.24) is 9.99 Å². The molecule has 110 valence electrons. The summed E-state index contributed by atoms with van der Waals surface area (Å²) in [4.78, 5) is 11.9. The summed E-state index contributed by atoms with van der Waals surface area (Å²) < 4.78 is 1.87. The molecule has 2 N–H and O–H groups in total. The summed E-state index contributed by atoms with van der Waals surface area (Å²) in [6.07, 6.45) is 3.37. The molecule has 1 amide bonds. The number of phenols is 1. The topological polar surface area (TPSA) is 66.6 Å². The molecule has 0 spiro atoms. The van der Waals surface area contributed by atoms with Gasteiger partial charge in [0.2, 0.25) is 0 Å². The number of hydrazone groups is 1. The van der Waals surface area contributed by atoms with Crippen LogP contribution in [0.15, 0.2) is 65.9 Å². The third-order valence-electron chi connectivity index (χ3n) is 3.27. The van der Waals surface area contributed by atoms with E-state index in [9.17, 15) is 9.90 Å². The first-order chi connectivity index (χ1) is 10.7. The third-order valence-corrected chi connectivity index (χ3v) is 3.27. The third kappa shape index (κ3) is 3.15. The zero-order valence-corrected chi connectivity index (χ0v) is 11.8. The molecule has 0 aliphatic carbocycles. The molecule has 0 bridgehead atoms. The van der Waals surface area contributed by atoms with Gasteiger partial charge in [0, 0.05) is 11.7 Å². The lowest BCUT2D eigenvalue weighted by atomic mass is 10.2. The summed E-state index contributed by atoms with van der Waals surface area (Å²) in [7, 11) is 0. The molecule has 3 aromatic rings. The molecule has 1 aromatic heterocycles. The van der Waals surface area contributed by atoms with Crippen molar-refractivity contribution in [3.8, 4) is 5.75 Å². The van der Waals surface area contributed by atoms with Crippen LogP contribution in [0.2, 0.25) is 0 Å². The van der Waals surface area contributed by atoms with Gasteiger partial charge in [-0.25, -0.2) is 5.43 Å². The molecule has 0 saturated carbocycles. The second-order valence-electron chi connectivity index (χ2n) is 4.89. The molecule has 0 aliphatic heterocycles. The number of benzene rings is 2. The Labute approximate surface area is 127 Å². The van der Waals surface area contributed by atoms with Gasteiger partial charge in [-0.05, 0) is 35.2 Å². The largest absolute Gasteiger partial charge is 0.508 e. The number of aromatic nitrogens is 1. The van der Waals surface area contributed by atoms with Crippen molar-refractivity contribution in [1.29, 1.82) is 0 Å². The van der Waals surface area contributed by atoms with Gasteiger partial charge in [0.05, 0.1) is 6.21 Å². The van der Waals surface area contributed by atoms with Gasteiger partial charge >= 0.3 is 0 Å². The smallest absolute Gasteiger partial charge is 0.259 e. The van der Waals surface area contributed by atoms with Gasteiger partial charge in [0.25, 0.3) is 5.91 Å². The molecular weight excluding hydrogens is 278 g/mol. The van der Waals surface area contributed by atoms with Crippen LogP contribution in [0.3, 0.4) is 0 Å². The van der Waals surface area contributed by atoms with Crippen molar-refractivity contribution in [2.75, 3.05) is 0 Å². The maximum Gasteiger partial charge on any atom is 0.259 e. The van der Waals surface area contributed by atoms with Gasteiger partial charge in [-0.2, -0.15) is 5.10 Å². The number of para-hydroxylation sites is 1. The Balaban J connectivity index is 1.63. The van der Waals surface area contributed by atoms with Crippen molar-refractivity contribution in [2.24, 2.45) is 5.10 Å². The van der Waals surface area contributed by atoms with E-state index in [0.29, 0.717) is 5.56 Å². The minimum Gasteiger partial charge on any atom is -0.508 e. The highest BCUT2D eigenvalue weighted by molar-refractivity contribution is 5.85. The van der Waals surface area contributed by atoms with Crippen LogP contribution in [-0.2, 0) is 11.3 Å². The first-order valence-corrected chi connectivity index (χ1v) is 6.87. The lowest BCUT2D eigenvalue weighted by Gasteiger charge is -2.04. The van der Waals surface area contributed by atoms with Crippen LogP contribution < -0.4 is 5.43 Å². The van der Waals surface area contributed by atoms with Crippen LogP contribution >= 0.6 is 0 Å². The van der Waals surface area contributed by atoms with Crippen molar-refractivity contribution >= 4 is 23.0 Å². The van der Waals surface area contributed by atoms with Crippen molar-refractivity contribution in [2.45, 2.75) is 6.54 Å². The van der Waals surface area contributed by atoms with E-state index in [4.69, 9.17) is 0 Å². The van der Waals surface area contributed by atoms with E-state index in [1.54, 1.807) is 24.3 Å². The summed E-state index contributed by atoms with van der Waals surface area (Å²) in [6, 6.07) is 16.5. The monoisotopic (exact) mass is 293 g/mol. The fourth-order valence-corrected chi connectivity index (χ4v) is 2.25. The molecule has 3 rings (SSSR count). The summed E-state index contributed by atoms with van der Waals surface area (Å²) in [5.74, 6) is -0.0492. The average molecular weight is 293 g/mol. The zero-order chi connectivity index (χ0) is 15.4. The summed E-state index contributed by atoms with van der Waals surface area (Å²) in [5, 5.41) is 14.3. The van der Waals surface area contributed by atoms with E-state index in [1.165, 1.54) is 6.21 Å². The van der Waals surface area contributed by atoms with Crippen molar-refractivity contribution in [3.63, 3.8) is 0 Å². The number of carbonyl (C=O) groups is 1. The Kier molecular flexibility index (Phi) is 3.87. The van der Waals surface area contributed by atoms with E-state index >= 15 is 0 Å². The molecule has 1 heterocycles. The molecule has 2 aromatic carbocycles. The molecule has 0 aliphatic rings. The second-order valence-corrected chi connectivity index (χ2v) is 4.89. The number of rotatable bonds is 4. The fourth-order valence-electron chi connectivity index (χ4n) is 2.25. The number of amides is 1. The molecule has 0 fully saturated rings. The van der Waals surface area contributed by atoms with Crippen LogP contribution in [0, 0.1) is 0 Å². The first-order valence-electron chi connectivity index (χ1n) is 6.87. The van der Waals surface area contributed by atoms with Gasteiger partial charge in [0.1, 0.15) is 12.3 Å². The number of nitrogens with zero attached hydrogens (tertiary/aromatic N) is 2. The number of aromatic hydroxyl groups is 1. The normalized spacial score (nSPS) is 11.1. The van der Waals surface area contributed by atoms with E-state index < -0.39 is 0 Å². The summed E-state index contributed by atoms with van der Waals surface area (Å²) >= 11 is 0. The molecule has 5 nitrogen and oxygen atoms in total. The highest BCUT2D eigenvalue weighted by Crippen LogP contribution is 2.14. The van der Waals surface area contributed by atoms with E-state index in [0.717, 1.165) is 10.9 Å². The Morgan fingerprint density at radius 2 is 2.05 bits per heavy atom. The molecule has 22 heavy (non-hydrogen) atoms. The predicted molar refractivity (Wildman–Crippen MR) is 85.8 cm³/mol. The quantitative estimate of drug-likeness (QED) is 0.573. The molecule has 0 atom stereocenters. The highest BCUT2D eigenvalue weighted by atomic mass is 16.3. The zero-order valence-electron chi connectivity index (χ0n) is 11.8. The maximum atomic E-state index is 11.9. The Hall–Kier alpha value is -3.08. The maximum absolute atomic E-state index is 11.9. The van der Waals surface area contributed by atoms with Crippen molar-refractivity contribution in [3.05, 3.63) is 66.4 Å². The molecule has 5 heteroatoms. The average Bonchev–Trinajstić information content (AvgIpc) is 2.91. The summed E-state index contributed by atoms with van der Waals surface area (Å²) in [5.41, 5.74) is 4.21. The number of nitrogens with one attached hydrogen (secondary N) is 1. The van der Waals surface area contributed by atoms with Crippen LogP contribution in [0.25, 0.3) is 10.9 Å². The van der Waals surface area contributed by atoms with E-state index in [1.807, 2.05) is 41.1 Å². The minimum absolute atomic E-state index is 0.161. The van der Waals surface area contributed by atoms with Crippen LogP contribution in [0.4, 0.5) is 0 Å². The number of hydrogen-bond donors (Lipinski definition) is 2. The standard InChI is InChI=1S/C17H15N3O2/c21-15-6-3-4-13(10-15)11-18-19-17(22)12-20-9-8-14-5-1-2-7-16(14)20/h1-11,21H,12H2,(H,19,22)/b18-11+. The first kappa shape index (κ1) is 13.9. The van der Waals surface area contributed by atoms with Gasteiger partial charge in [0.15, 0.2) is 0 Å². The van der Waals surface area contributed by atoms with Gasteiger partial charge < -0.3 is 9.67 Å². The highest BCUT2D eigenvalue weighted by Gasteiger charge is 2.04.